The molecule has 18 heavy (non-hydrogen) atoms. The molecule has 2 nitrogen and oxygen atoms in total. The van der Waals surface area contributed by atoms with Gasteiger partial charge >= 0.3 is 5.97 Å². The van der Waals surface area contributed by atoms with Crippen LogP contribution in [0.4, 0.5) is 0 Å². The first-order valence-electron chi connectivity index (χ1n) is 5.28. The summed E-state index contributed by atoms with van der Waals surface area (Å²) in [7, 11) is 0. The zero-order valence-corrected chi connectivity index (χ0v) is 11.1. The van der Waals surface area contributed by atoms with Gasteiger partial charge in [-0.3, -0.25) is 0 Å². The lowest BCUT2D eigenvalue weighted by Crippen LogP contribution is -1.97. The molecule has 0 aliphatic heterocycles. The van der Waals surface area contributed by atoms with Gasteiger partial charge in [0.2, 0.25) is 0 Å². The normalized spacial score (nSPS) is 10.4. The first kappa shape index (κ1) is 12.9. The predicted octanol–water partition coefficient (Wildman–Crippen LogP) is 4.67. The van der Waals surface area contributed by atoms with Gasteiger partial charge in [-0.15, -0.1) is 0 Å². The fraction of sp³-hybridized carbons (Fsp3) is 0.0714. The van der Waals surface area contributed by atoms with Gasteiger partial charge in [0.25, 0.3) is 0 Å². The Balaban J connectivity index is 2.66. The highest BCUT2D eigenvalue weighted by atomic mass is 35.5. The Bertz CT molecular complexity index is 621. The number of carbonyl (C=O) groups is 1. The third kappa shape index (κ3) is 2.50. The highest BCUT2D eigenvalue weighted by Crippen LogP contribution is 2.33. The maximum absolute atomic E-state index is 11.0. The van der Waals surface area contributed by atoms with Crippen LogP contribution in [0.1, 0.15) is 15.9 Å². The zero-order chi connectivity index (χ0) is 13.3. The van der Waals surface area contributed by atoms with Crippen LogP contribution in [0.15, 0.2) is 36.4 Å². The summed E-state index contributed by atoms with van der Waals surface area (Å²) in [6, 6.07) is 10.1. The molecule has 0 heterocycles. The summed E-state index contributed by atoms with van der Waals surface area (Å²) in [6.07, 6.45) is 0. The second-order valence-corrected chi connectivity index (χ2v) is 4.80. The minimum atomic E-state index is -0.964. The summed E-state index contributed by atoms with van der Waals surface area (Å²) in [4.78, 5) is 11.0. The zero-order valence-electron chi connectivity index (χ0n) is 9.58. The summed E-state index contributed by atoms with van der Waals surface area (Å²) < 4.78 is 0. The molecule has 4 heteroatoms. The van der Waals surface area contributed by atoms with E-state index >= 15 is 0 Å². The van der Waals surface area contributed by atoms with Gasteiger partial charge in [0.05, 0.1) is 5.56 Å². The number of hydrogen-bond donors (Lipinski definition) is 1. The third-order valence-electron chi connectivity index (χ3n) is 2.70. The topological polar surface area (TPSA) is 37.3 Å². The van der Waals surface area contributed by atoms with E-state index in [4.69, 9.17) is 28.3 Å². The van der Waals surface area contributed by atoms with Gasteiger partial charge in [-0.2, -0.15) is 0 Å². The Morgan fingerprint density at radius 1 is 1.06 bits per heavy atom. The van der Waals surface area contributed by atoms with Gasteiger partial charge in [0.1, 0.15) is 0 Å². The number of carboxylic acids is 1. The van der Waals surface area contributed by atoms with Gasteiger partial charge in [0, 0.05) is 15.6 Å². The van der Waals surface area contributed by atoms with Gasteiger partial charge < -0.3 is 5.11 Å². The quantitative estimate of drug-likeness (QED) is 0.868. The number of rotatable bonds is 2. The molecule has 0 saturated heterocycles. The molecule has 0 spiro atoms. The van der Waals surface area contributed by atoms with E-state index in [2.05, 4.69) is 0 Å². The van der Waals surface area contributed by atoms with Crippen LogP contribution in [-0.2, 0) is 0 Å². The van der Waals surface area contributed by atoms with E-state index < -0.39 is 5.97 Å². The van der Waals surface area contributed by atoms with Crippen LogP contribution in [0.2, 0.25) is 10.0 Å². The molecular formula is C14H10Cl2O2. The average Bonchev–Trinajstić information content (AvgIpc) is 2.33. The Labute approximate surface area is 115 Å². The number of carboxylic acid groups (broad SMARTS) is 1. The molecule has 2 aromatic carbocycles. The van der Waals surface area contributed by atoms with Crippen LogP contribution < -0.4 is 0 Å². The lowest BCUT2D eigenvalue weighted by Gasteiger charge is -2.09. The van der Waals surface area contributed by atoms with Crippen molar-refractivity contribution >= 4 is 29.2 Å². The summed E-state index contributed by atoms with van der Waals surface area (Å²) >= 11 is 12.1. The van der Waals surface area contributed by atoms with E-state index in [0.717, 1.165) is 16.7 Å². The lowest BCUT2D eigenvalue weighted by molar-refractivity contribution is 0.0697. The molecule has 0 atom stereocenters. The molecule has 0 aliphatic rings. The molecule has 0 radical (unpaired) electrons. The molecule has 1 N–H and O–H groups in total. The highest BCUT2D eigenvalue weighted by Gasteiger charge is 2.11. The largest absolute Gasteiger partial charge is 0.478 e. The summed E-state index contributed by atoms with van der Waals surface area (Å²) in [5, 5.41) is 10.1. The second kappa shape index (κ2) is 5.01. The lowest BCUT2D eigenvalue weighted by atomic mass is 9.98. The monoisotopic (exact) mass is 280 g/mol. The molecule has 92 valence electrons. The smallest absolute Gasteiger partial charge is 0.335 e. The SMILES string of the molecule is Cc1ccc(C(=O)O)cc1-c1cc(Cl)ccc1Cl. The number of benzene rings is 2. The van der Waals surface area contributed by atoms with E-state index in [9.17, 15) is 4.79 Å². The predicted molar refractivity (Wildman–Crippen MR) is 73.6 cm³/mol. The Morgan fingerprint density at radius 3 is 2.44 bits per heavy atom. The van der Waals surface area contributed by atoms with Crippen molar-refractivity contribution < 1.29 is 9.90 Å². The van der Waals surface area contributed by atoms with E-state index in [1.807, 2.05) is 6.92 Å². The Kier molecular flexibility index (Phi) is 3.60. The Morgan fingerprint density at radius 2 is 1.78 bits per heavy atom. The minimum Gasteiger partial charge on any atom is -0.478 e. The van der Waals surface area contributed by atoms with Gasteiger partial charge in [-0.1, -0.05) is 29.3 Å². The van der Waals surface area contributed by atoms with Gasteiger partial charge in [-0.05, 0) is 48.4 Å². The Hall–Kier alpha value is -1.51. The van der Waals surface area contributed by atoms with Crippen LogP contribution in [0.25, 0.3) is 11.1 Å². The minimum absolute atomic E-state index is 0.228. The maximum atomic E-state index is 11.0. The summed E-state index contributed by atoms with van der Waals surface area (Å²) in [5.41, 5.74) is 2.70. The second-order valence-electron chi connectivity index (χ2n) is 3.96. The fourth-order valence-electron chi connectivity index (χ4n) is 1.75. The van der Waals surface area contributed by atoms with Crippen molar-refractivity contribution in [1.29, 1.82) is 0 Å². The molecule has 0 aromatic heterocycles. The van der Waals surface area contributed by atoms with Crippen molar-refractivity contribution in [1.82, 2.24) is 0 Å². The molecule has 0 bridgehead atoms. The van der Waals surface area contributed by atoms with Crippen molar-refractivity contribution in [3.8, 4) is 11.1 Å². The van der Waals surface area contributed by atoms with E-state index in [0.29, 0.717) is 10.0 Å². The molecule has 0 fully saturated rings. The number of aromatic carboxylic acids is 1. The number of halogens is 2. The van der Waals surface area contributed by atoms with E-state index in [-0.39, 0.29) is 5.56 Å². The molecular weight excluding hydrogens is 271 g/mol. The molecule has 0 saturated carbocycles. The maximum Gasteiger partial charge on any atom is 0.335 e. The average molecular weight is 281 g/mol. The number of aryl methyl sites for hydroxylation is 1. The van der Waals surface area contributed by atoms with Crippen LogP contribution in [0, 0.1) is 6.92 Å². The standard InChI is InChI=1S/C14H10Cl2O2/c1-8-2-3-9(14(17)18)6-11(8)12-7-10(15)4-5-13(12)16/h2-7H,1H3,(H,17,18). The van der Waals surface area contributed by atoms with E-state index in [1.54, 1.807) is 36.4 Å². The fourth-order valence-corrected chi connectivity index (χ4v) is 2.14. The van der Waals surface area contributed by atoms with Crippen LogP contribution >= 0.6 is 23.2 Å². The van der Waals surface area contributed by atoms with Crippen LogP contribution in [-0.4, -0.2) is 11.1 Å². The van der Waals surface area contributed by atoms with Crippen LogP contribution in [0.3, 0.4) is 0 Å². The molecule has 2 rings (SSSR count). The van der Waals surface area contributed by atoms with Gasteiger partial charge in [0.15, 0.2) is 0 Å². The van der Waals surface area contributed by atoms with E-state index in [1.165, 1.54) is 0 Å². The van der Waals surface area contributed by atoms with Crippen molar-refractivity contribution in [2.45, 2.75) is 6.92 Å². The van der Waals surface area contributed by atoms with Crippen molar-refractivity contribution in [3.63, 3.8) is 0 Å². The molecule has 0 aliphatic carbocycles. The first-order chi connectivity index (χ1) is 8.49. The van der Waals surface area contributed by atoms with Crippen molar-refractivity contribution in [2.24, 2.45) is 0 Å². The molecule has 0 amide bonds. The third-order valence-corrected chi connectivity index (χ3v) is 3.27. The molecule has 0 unspecified atom stereocenters. The van der Waals surface area contributed by atoms with Crippen LogP contribution in [0.5, 0.6) is 0 Å². The summed E-state index contributed by atoms with van der Waals surface area (Å²) in [6.45, 7) is 1.90. The highest BCUT2D eigenvalue weighted by molar-refractivity contribution is 6.35. The summed E-state index contributed by atoms with van der Waals surface area (Å²) in [5.74, 6) is -0.964. The van der Waals surface area contributed by atoms with Crippen molar-refractivity contribution in [2.75, 3.05) is 0 Å². The number of hydrogen-bond acceptors (Lipinski definition) is 1. The molecule has 2 aromatic rings. The van der Waals surface area contributed by atoms with Crippen molar-refractivity contribution in [3.05, 3.63) is 57.6 Å². The first-order valence-corrected chi connectivity index (χ1v) is 6.04. The van der Waals surface area contributed by atoms with Gasteiger partial charge in [-0.25, -0.2) is 4.79 Å².